The van der Waals surface area contributed by atoms with Crippen molar-refractivity contribution in [1.82, 2.24) is 4.90 Å². The molecular formula is C16H16ClNO3. The molecule has 3 aliphatic heterocycles. The molecule has 2 fully saturated rings. The minimum atomic E-state index is -1.17. The van der Waals surface area contributed by atoms with E-state index in [-0.39, 0.29) is 22.7 Å². The molecule has 4 rings (SSSR count). The van der Waals surface area contributed by atoms with E-state index in [4.69, 9.17) is 16.3 Å². The Hall–Kier alpha value is -1.52. The van der Waals surface area contributed by atoms with Crippen LogP contribution in [0.3, 0.4) is 0 Å². The molecule has 0 radical (unpaired) electrons. The van der Waals surface area contributed by atoms with Crippen LogP contribution in [0.2, 0.25) is 0 Å². The Morgan fingerprint density at radius 2 is 2.10 bits per heavy atom. The molecule has 1 aromatic rings. The number of aliphatic hydroxyl groups is 1. The third-order valence-corrected chi connectivity index (χ3v) is 5.07. The molecule has 0 aliphatic carbocycles. The van der Waals surface area contributed by atoms with E-state index in [1.807, 2.05) is 30.3 Å². The normalized spacial score (nSPS) is 34.8. The summed E-state index contributed by atoms with van der Waals surface area (Å²) >= 11 is 6.18. The first-order chi connectivity index (χ1) is 10.1. The molecule has 110 valence electrons. The van der Waals surface area contributed by atoms with Gasteiger partial charge in [-0.15, -0.1) is 0 Å². The Labute approximate surface area is 128 Å². The topological polar surface area (TPSA) is 49.8 Å². The summed E-state index contributed by atoms with van der Waals surface area (Å²) in [5, 5.41) is 11.1. The first kappa shape index (κ1) is 13.2. The van der Waals surface area contributed by atoms with E-state index < -0.39 is 11.7 Å². The predicted octanol–water partition coefficient (Wildman–Crippen LogP) is 2.33. The number of hydrogen-bond donors (Lipinski definition) is 1. The van der Waals surface area contributed by atoms with Gasteiger partial charge >= 0.3 is 0 Å². The Balaban J connectivity index is 1.75. The smallest absolute Gasteiger partial charge is 0.269 e. The van der Waals surface area contributed by atoms with E-state index in [2.05, 4.69) is 0 Å². The van der Waals surface area contributed by atoms with E-state index >= 15 is 0 Å². The van der Waals surface area contributed by atoms with Crippen LogP contribution in [0.4, 0.5) is 0 Å². The van der Waals surface area contributed by atoms with E-state index in [1.165, 1.54) is 0 Å². The molecule has 0 spiro atoms. The number of carbonyl (C=O) groups is 1. The molecule has 0 unspecified atom stereocenters. The number of carbonyl (C=O) groups excluding carboxylic acids is 1. The van der Waals surface area contributed by atoms with E-state index in [1.54, 1.807) is 4.90 Å². The Kier molecular flexibility index (Phi) is 2.81. The summed E-state index contributed by atoms with van der Waals surface area (Å²) in [5.74, 6) is 0.0361. The van der Waals surface area contributed by atoms with Crippen LogP contribution in [0, 0.1) is 0 Å². The van der Waals surface area contributed by atoms with Gasteiger partial charge in [0.1, 0.15) is 5.03 Å². The monoisotopic (exact) mass is 305 g/mol. The Morgan fingerprint density at radius 1 is 1.33 bits per heavy atom. The fraction of sp³-hybridized carbons (Fsp3) is 0.438. The number of halogens is 1. The van der Waals surface area contributed by atoms with Crippen LogP contribution in [0.1, 0.15) is 30.9 Å². The maximum atomic E-state index is 12.3. The third-order valence-electron chi connectivity index (χ3n) is 4.74. The molecule has 1 amide bonds. The second kappa shape index (κ2) is 4.49. The molecule has 4 nitrogen and oxygen atoms in total. The lowest BCUT2D eigenvalue weighted by molar-refractivity contribution is -0.191. The fourth-order valence-corrected chi connectivity index (χ4v) is 4.01. The molecular weight excluding hydrogens is 290 g/mol. The van der Waals surface area contributed by atoms with Crippen molar-refractivity contribution >= 4 is 17.5 Å². The maximum absolute atomic E-state index is 12.3. The molecule has 0 aromatic heterocycles. The number of fused-ring (bicyclic) bond motifs is 2. The van der Waals surface area contributed by atoms with Gasteiger partial charge in [-0.1, -0.05) is 41.9 Å². The molecule has 21 heavy (non-hydrogen) atoms. The van der Waals surface area contributed by atoms with E-state index in [9.17, 15) is 9.90 Å². The van der Waals surface area contributed by atoms with Crippen LogP contribution in [0.15, 0.2) is 41.1 Å². The van der Waals surface area contributed by atoms with Crippen molar-refractivity contribution in [3.05, 3.63) is 46.7 Å². The minimum absolute atomic E-state index is 0.0362. The Bertz CT molecular complexity index is 630. The SMILES string of the molecule is O=C1C(Cl)=C2O[C@@H](c3ccccc3)[C@]2(O)C[C@H]2CCCN12. The van der Waals surface area contributed by atoms with Crippen molar-refractivity contribution in [3.8, 4) is 0 Å². The molecule has 3 heterocycles. The second-order valence-corrected chi connectivity index (χ2v) is 6.35. The Morgan fingerprint density at radius 3 is 2.86 bits per heavy atom. The van der Waals surface area contributed by atoms with E-state index in [0.29, 0.717) is 13.0 Å². The lowest BCUT2D eigenvalue weighted by Gasteiger charge is -2.48. The number of hydrogen-bond acceptors (Lipinski definition) is 3. The van der Waals surface area contributed by atoms with Crippen molar-refractivity contribution in [2.75, 3.05) is 6.54 Å². The number of amides is 1. The number of rotatable bonds is 1. The van der Waals surface area contributed by atoms with Crippen LogP contribution in [-0.4, -0.2) is 34.1 Å². The highest BCUT2D eigenvalue weighted by molar-refractivity contribution is 6.42. The quantitative estimate of drug-likeness (QED) is 0.866. The van der Waals surface area contributed by atoms with Gasteiger partial charge in [-0.3, -0.25) is 4.79 Å². The molecule has 0 bridgehead atoms. The number of ether oxygens (including phenoxy) is 1. The summed E-state index contributed by atoms with van der Waals surface area (Å²) in [7, 11) is 0. The lowest BCUT2D eigenvalue weighted by atomic mass is 9.79. The molecule has 3 aliphatic rings. The summed E-state index contributed by atoms with van der Waals surface area (Å²) in [6, 6.07) is 9.64. The third kappa shape index (κ3) is 1.75. The molecule has 2 saturated heterocycles. The average Bonchev–Trinajstić information content (AvgIpc) is 2.92. The van der Waals surface area contributed by atoms with Crippen molar-refractivity contribution in [2.45, 2.75) is 37.0 Å². The first-order valence-electron chi connectivity index (χ1n) is 7.26. The molecule has 3 atom stereocenters. The molecule has 1 aromatic carbocycles. The molecule has 1 N–H and O–H groups in total. The standard InChI is InChI=1S/C16H16ClNO3/c17-12-14-16(20,9-11-7-4-8-18(11)15(12)19)13(21-14)10-5-2-1-3-6-10/h1-3,5-6,11,13,20H,4,7-9H2/t11-,13+,16-/m1/s1. The van der Waals surface area contributed by atoms with Gasteiger partial charge < -0.3 is 14.7 Å². The summed E-state index contributed by atoms with van der Waals surface area (Å²) in [6.07, 6.45) is 1.91. The van der Waals surface area contributed by atoms with E-state index in [0.717, 1.165) is 18.4 Å². The van der Waals surface area contributed by atoms with Crippen molar-refractivity contribution in [2.24, 2.45) is 0 Å². The lowest BCUT2D eigenvalue weighted by Crippen LogP contribution is -2.52. The molecule has 5 heteroatoms. The zero-order valence-electron chi connectivity index (χ0n) is 11.5. The van der Waals surface area contributed by atoms with Crippen LogP contribution < -0.4 is 0 Å². The van der Waals surface area contributed by atoms with Crippen molar-refractivity contribution < 1.29 is 14.6 Å². The van der Waals surface area contributed by atoms with Crippen LogP contribution >= 0.6 is 11.6 Å². The van der Waals surface area contributed by atoms with Gasteiger partial charge in [0.05, 0.1) is 0 Å². The van der Waals surface area contributed by atoms with Gasteiger partial charge in [-0.25, -0.2) is 0 Å². The van der Waals surface area contributed by atoms with Gasteiger partial charge in [-0.05, 0) is 18.4 Å². The zero-order valence-corrected chi connectivity index (χ0v) is 12.2. The van der Waals surface area contributed by atoms with Crippen molar-refractivity contribution in [3.63, 3.8) is 0 Å². The number of nitrogens with zero attached hydrogens (tertiary/aromatic N) is 1. The van der Waals surface area contributed by atoms with Gasteiger partial charge in [0.25, 0.3) is 5.91 Å². The predicted molar refractivity (Wildman–Crippen MR) is 77.4 cm³/mol. The summed E-state index contributed by atoms with van der Waals surface area (Å²) in [5.41, 5.74) is -0.259. The van der Waals surface area contributed by atoms with Crippen LogP contribution in [-0.2, 0) is 9.53 Å². The maximum Gasteiger partial charge on any atom is 0.269 e. The van der Waals surface area contributed by atoms with Gasteiger partial charge in [0, 0.05) is 19.0 Å². The second-order valence-electron chi connectivity index (χ2n) is 5.97. The zero-order chi connectivity index (χ0) is 14.6. The average molecular weight is 306 g/mol. The van der Waals surface area contributed by atoms with Crippen LogP contribution in [0.25, 0.3) is 0 Å². The van der Waals surface area contributed by atoms with Gasteiger partial charge in [0.2, 0.25) is 0 Å². The summed E-state index contributed by atoms with van der Waals surface area (Å²) < 4.78 is 5.71. The largest absolute Gasteiger partial charge is 0.482 e. The highest BCUT2D eigenvalue weighted by Gasteiger charge is 2.59. The highest BCUT2D eigenvalue weighted by Crippen LogP contribution is 2.54. The summed E-state index contributed by atoms with van der Waals surface area (Å²) in [6.45, 7) is 0.707. The summed E-state index contributed by atoms with van der Waals surface area (Å²) in [4.78, 5) is 14.1. The van der Waals surface area contributed by atoms with Gasteiger partial charge in [0.15, 0.2) is 17.5 Å². The fourth-order valence-electron chi connectivity index (χ4n) is 3.69. The van der Waals surface area contributed by atoms with Crippen molar-refractivity contribution in [1.29, 1.82) is 0 Å². The first-order valence-corrected chi connectivity index (χ1v) is 7.64. The van der Waals surface area contributed by atoms with Gasteiger partial charge in [-0.2, -0.15) is 0 Å². The minimum Gasteiger partial charge on any atom is -0.482 e. The van der Waals surface area contributed by atoms with Crippen LogP contribution in [0.5, 0.6) is 0 Å². The number of benzene rings is 1. The highest BCUT2D eigenvalue weighted by atomic mass is 35.5. The molecule has 0 saturated carbocycles.